The van der Waals surface area contributed by atoms with Crippen molar-refractivity contribution < 1.29 is 18.3 Å². The van der Waals surface area contributed by atoms with E-state index in [0.717, 1.165) is 37.4 Å². The van der Waals surface area contributed by atoms with Crippen molar-refractivity contribution >= 4 is 33.3 Å². The zero-order valence-corrected chi connectivity index (χ0v) is 15.8. The first-order valence-electron chi connectivity index (χ1n) is 8.37. The molecule has 9 heteroatoms. The number of sulfonamides is 1. The molecule has 0 aliphatic heterocycles. The van der Waals surface area contributed by atoms with E-state index in [4.69, 9.17) is 16.7 Å². The summed E-state index contributed by atoms with van der Waals surface area (Å²) in [7, 11) is -2.15. The monoisotopic (exact) mass is 397 g/mol. The minimum absolute atomic E-state index is 0.0917. The number of carboxylic acid groups (broad SMARTS) is 1. The second kappa shape index (κ2) is 7.28. The number of carboxylic acids is 1. The van der Waals surface area contributed by atoms with Gasteiger partial charge in [0.25, 0.3) is 10.0 Å². The Morgan fingerprint density at radius 2 is 2.00 bits per heavy atom. The number of carbonyl (C=O) groups is 1. The smallest absolute Gasteiger partial charge is 0.337 e. The molecule has 1 heterocycles. The first kappa shape index (κ1) is 18.7. The normalized spacial score (nSPS) is 15.8. The van der Waals surface area contributed by atoms with Gasteiger partial charge in [-0.3, -0.25) is 9.40 Å². The lowest BCUT2D eigenvalue weighted by molar-refractivity contribution is 0.0697. The van der Waals surface area contributed by atoms with Crippen molar-refractivity contribution in [2.24, 2.45) is 7.05 Å². The summed E-state index contributed by atoms with van der Waals surface area (Å²) in [5.74, 6) is -0.973. The number of aromatic nitrogens is 2. The van der Waals surface area contributed by atoms with E-state index in [1.807, 2.05) is 0 Å². The summed E-state index contributed by atoms with van der Waals surface area (Å²) in [6.45, 7) is 0. The maximum absolute atomic E-state index is 12.7. The molecular formula is C17H20ClN3O4S. The maximum Gasteiger partial charge on any atom is 0.337 e. The Morgan fingerprint density at radius 1 is 1.31 bits per heavy atom. The van der Waals surface area contributed by atoms with E-state index in [2.05, 4.69) is 9.82 Å². The van der Waals surface area contributed by atoms with Gasteiger partial charge in [-0.25, -0.2) is 13.2 Å². The van der Waals surface area contributed by atoms with Crippen LogP contribution in [0.15, 0.2) is 29.3 Å². The zero-order valence-electron chi connectivity index (χ0n) is 14.3. The minimum atomic E-state index is -3.91. The molecule has 0 spiro atoms. The van der Waals surface area contributed by atoms with Crippen LogP contribution in [-0.2, 0) is 17.1 Å². The molecule has 1 aromatic carbocycles. The van der Waals surface area contributed by atoms with Gasteiger partial charge in [0.2, 0.25) is 0 Å². The van der Waals surface area contributed by atoms with Gasteiger partial charge in [0, 0.05) is 19.2 Å². The third kappa shape index (κ3) is 3.86. The van der Waals surface area contributed by atoms with Crippen molar-refractivity contribution in [2.45, 2.75) is 42.9 Å². The highest BCUT2D eigenvalue weighted by atomic mass is 35.5. The van der Waals surface area contributed by atoms with Crippen LogP contribution >= 0.6 is 11.6 Å². The molecule has 1 aliphatic carbocycles. The lowest BCUT2D eigenvalue weighted by atomic mass is 9.86. The summed E-state index contributed by atoms with van der Waals surface area (Å²) < 4.78 is 29.6. The number of aromatic carboxylic acids is 1. The average Bonchev–Trinajstić information content (AvgIpc) is 2.95. The lowest BCUT2D eigenvalue weighted by Gasteiger charge is -2.21. The Hall–Kier alpha value is -2.06. The molecular weight excluding hydrogens is 378 g/mol. The van der Waals surface area contributed by atoms with E-state index >= 15 is 0 Å². The molecule has 0 radical (unpaired) electrons. The summed E-state index contributed by atoms with van der Waals surface area (Å²) in [5.41, 5.74) is 1.07. The number of hydrogen-bond donors (Lipinski definition) is 2. The van der Waals surface area contributed by atoms with Crippen LogP contribution in [0.3, 0.4) is 0 Å². The molecule has 1 aliphatic rings. The van der Waals surface area contributed by atoms with E-state index in [1.54, 1.807) is 17.9 Å². The standard InChI is InChI=1S/C17H20ClN3O4S/c1-21-10-15(16(19-21)11-5-3-2-4-6-11)20-26(24,25)12-7-8-13(17(22)23)14(18)9-12/h7-11,20H,2-6H2,1H3,(H,22,23). The molecule has 1 fully saturated rings. The molecule has 26 heavy (non-hydrogen) atoms. The fourth-order valence-corrected chi connectivity index (χ4v) is 4.71. The number of rotatable bonds is 5. The third-order valence-corrected chi connectivity index (χ3v) is 6.25. The Morgan fingerprint density at radius 3 is 2.62 bits per heavy atom. The first-order valence-corrected chi connectivity index (χ1v) is 10.2. The molecule has 1 aromatic heterocycles. The number of aryl methyl sites for hydroxylation is 1. The summed E-state index contributed by atoms with van der Waals surface area (Å²) in [6.07, 6.45) is 7.04. The van der Waals surface area contributed by atoms with Gasteiger partial charge in [-0.05, 0) is 31.0 Å². The highest BCUT2D eigenvalue weighted by molar-refractivity contribution is 7.92. The molecule has 7 nitrogen and oxygen atoms in total. The van der Waals surface area contributed by atoms with Crippen LogP contribution in [0.1, 0.15) is 54.1 Å². The molecule has 0 atom stereocenters. The second-order valence-corrected chi connectivity index (χ2v) is 8.58. The van der Waals surface area contributed by atoms with Crippen molar-refractivity contribution in [2.75, 3.05) is 4.72 Å². The van der Waals surface area contributed by atoms with Crippen molar-refractivity contribution in [3.63, 3.8) is 0 Å². The molecule has 0 saturated heterocycles. The highest BCUT2D eigenvalue weighted by Crippen LogP contribution is 2.36. The van der Waals surface area contributed by atoms with Crippen LogP contribution in [0, 0.1) is 0 Å². The topological polar surface area (TPSA) is 101 Å². The molecule has 0 unspecified atom stereocenters. The fraction of sp³-hybridized carbons (Fsp3) is 0.412. The first-order chi connectivity index (χ1) is 12.3. The molecule has 0 bridgehead atoms. The van der Waals surface area contributed by atoms with Gasteiger partial charge in [0.05, 0.1) is 26.9 Å². The Kier molecular flexibility index (Phi) is 5.24. The van der Waals surface area contributed by atoms with E-state index in [9.17, 15) is 13.2 Å². The number of nitrogens with one attached hydrogen (secondary N) is 1. The Labute approximate surface area is 157 Å². The molecule has 140 valence electrons. The van der Waals surface area contributed by atoms with Gasteiger partial charge in [0.1, 0.15) is 0 Å². The maximum atomic E-state index is 12.7. The van der Waals surface area contributed by atoms with Crippen LogP contribution in [-0.4, -0.2) is 29.3 Å². The summed E-state index contributed by atoms with van der Waals surface area (Å²) in [5, 5.41) is 13.3. The highest BCUT2D eigenvalue weighted by Gasteiger charge is 2.25. The van der Waals surface area contributed by atoms with Crippen molar-refractivity contribution in [1.82, 2.24) is 9.78 Å². The number of benzene rings is 1. The molecule has 0 amide bonds. The zero-order chi connectivity index (χ0) is 18.9. The van der Waals surface area contributed by atoms with Gasteiger partial charge in [-0.1, -0.05) is 30.9 Å². The predicted octanol–water partition coefficient (Wildman–Crippen LogP) is 3.62. The van der Waals surface area contributed by atoms with E-state index in [-0.39, 0.29) is 21.4 Å². The lowest BCUT2D eigenvalue weighted by Crippen LogP contribution is -2.15. The van der Waals surface area contributed by atoms with Crippen molar-refractivity contribution in [1.29, 1.82) is 0 Å². The number of halogens is 1. The van der Waals surface area contributed by atoms with Crippen LogP contribution in [0.2, 0.25) is 5.02 Å². The second-order valence-electron chi connectivity index (χ2n) is 6.49. The molecule has 3 rings (SSSR count). The quantitative estimate of drug-likeness (QED) is 0.802. The van der Waals surface area contributed by atoms with Crippen molar-refractivity contribution in [3.8, 4) is 0 Å². The SMILES string of the molecule is Cn1cc(NS(=O)(=O)c2ccc(C(=O)O)c(Cl)c2)c(C2CCCCC2)n1. The van der Waals surface area contributed by atoms with E-state index in [1.165, 1.54) is 18.6 Å². The summed E-state index contributed by atoms with van der Waals surface area (Å²) in [6, 6.07) is 3.56. The molecule has 2 aromatic rings. The van der Waals surface area contributed by atoms with Gasteiger partial charge in [0.15, 0.2) is 0 Å². The third-order valence-electron chi connectivity index (χ3n) is 4.57. The summed E-state index contributed by atoms with van der Waals surface area (Å²) in [4.78, 5) is 10.9. The largest absolute Gasteiger partial charge is 0.478 e. The molecule has 2 N–H and O–H groups in total. The van der Waals surface area contributed by atoms with Gasteiger partial charge in [-0.2, -0.15) is 5.10 Å². The fourth-order valence-electron chi connectivity index (χ4n) is 3.30. The van der Waals surface area contributed by atoms with E-state index in [0.29, 0.717) is 5.69 Å². The Bertz CT molecular complexity index is 933. The van der Waals surface area contributed by atoms with Crippen molar-refractivity contribution in [3.05, 3.63) is 40.7 Å². The van der Waals surface area contributed by atoms with Crippen LogP contribution < -0.4 is 4.72 Å². The number of nitrogens with zero attached hydrogens (tertiary/aromatic N) is 2. The van der Waals surface area contributed by atoms with Crippen LogP contribution in [0.25, 0.3) is 0 Å². The van der Waals surface area contributed by atoms with E-state index < -0.39 is 16.0 Å². The van der Waals surface area contributed by atoms with Crippen LogP contribution in [0.5, 0.6) is 0 Å². The minimum Gasteiger partial charge on any atom is -0.478 e. The Balaban J connectivity index is 1.90. The van der Waals surface area contributed by atoms with Gasteiger partial charge >= 0.3 is 5.97 Å². The number of anilines is 1. The van der Waals surface area contributed by atoms with Gasteiger partial charge < -0.3 is 5.11 Å². The number of hydrogen-bond acceptors (Lipinski definition) is 4. The predicted molar refractivity (Wildman–Crippen MR) is 98.3 cm³/mol. The average molecular weight is 398 g/mol. The summed E-state index contributed by atoms with van der Waals surface area (Å²) >= 11 is 5.90. The van der Waals surface area contributed by atoms with Crippen LogP contribution in [0.4, 0.5) is 5.69 Å². The molecule has 1 saturated carbocycles. The van der Waals surface area contributed by atoms with Gasteiger partial charge in [-0.15, -0.1) is 0 Å².